The van der Waals surface area contributed by atoms with Crippen molar-refractivity contribution in [3.8, 4) is 0 Å². The molecule has 3 N–H and O–H groups in total. The second-order valence-electron chi connectivity index (χ2n) is 4.76. The molecule has 0 saturated heterocycles. The number of rotatable bonds is 11. The summed E-state index contributed by atoms with van der Waals surface area (Å²) < 4.78 is 0. The molecular weight excluding hydrogens is 220 g/mol. The summed E-state index contributed by atoms with van der Waals surface area (Å²) in [4.78, 5) is 0. The first-order chi connectivity index (χ1) is 8.83. The highest BCUT2D eigenvalue weighted by Crippen LogP contribution is 2.10. The van der Waals surface area contributed by atoms with Crippen LogP contribution in [0, 0.1) is 5.41 Å². The average molecular weight is 254 g/mol. The summed E-state index contributed by atoms with van der Waals surface area (Å²) in [6.45, 7) is 4.90. The number of unbranched alkanes of at least 4 members (excludes halogenated alkanes) is 10. The number of nitrogens with two attached hydrogens (primary N) is 1. The van der Waals surface area contributed by atoms with Gasteiger partial charge >= 0.3 is 0 Å². The summed E-state index contributed by atoms with van der Waals surface area (Å²) in [5.41, 5.74) is 5.44. The predicted molar refractivity (Wildman–Crippen MR) is 83.5 cm³/mol. The summed E-state index contributed by atoms with van der Waals surface area (Å²) in [5.74, 6) is 2.06. The number of nitrogens with one attached hydrogen (secondary N) is 1. The van der Waals surface area contributed by atoms with E-state index in [1.165, 1.54) is 70.6 Å². The Morgan fingerprint density at radius 3 is 1.44 bits per heavy atom. The van der Waals surface area contributed by atoms with Gasteiger partial charge in [-0.05, 0) is 31.8 Å². The Balaban J connectivity index is 0. The maximum atomic E-state index is 6.15. The molecule has 0 atom stereocenters. The fourth-order valence-electron chi connectivity index (χ4n) is 1.81. The Morgan fingerprint density at radius 1 is 0.833 bits per heavy atom. The molecule has 2 heteroatoms. The van der Waals surface area contributed by atoms with E-state index in [0.717, 1.165) is 6.54 Å². The topological polar surface area (TPSA) is 49.9 Å². The third-order valence-electron chi connectivity index (χ3n) is 2.95. The van der Waals surface area contributed by atoms with Crippen LogP contribution in [0.15, 0.2) is 6.08 Å². The highest BCUT2D eigenvalue weighted by Gasteiger charge is 1.91. The molecule has 0 unspecified atom stereocenters. The molecule has 0 radical (unpaired) electrons. The molecule has 0 bridgehead atoms. The molecule has 0 aliphatic rings. The van der Waals surface area contributed by atoms with E-state index in [0.29, 0.717) is 0 Å². The molecule has 0 aliphatic carbocycles. The van der Waals surface area contributed by atoms with Crippen LogP contribution < -0.4 is 5.73 Å². The lowest BCUT2D eigenvalue weighted by Crippen LogP contribution is -1.97. The highest BCUT2D eigenvalue weighted by molar-refractivity contribution is 5.45. The van der Waals surface area contributed by atoms with Crippen molar-refractivity contribution in [2.75, 3.05) is 6.54 Å². The van der Waals surface area contributed by atoms with Crippen molar-refractivity contribution < 1.29 is 0 Å². The molecule has 0 saturated carbocycles. The molecule has 0 aliphatic heterocycles. The van der Waals surface area contributed by atoms with Gasteiger partial charge in [0.05, 0.1) is 0 Å². The molecule has 0 fully saturated rings. The fraction of sp³-hybridized carbons (Fsp3) is 0.875. The smallest absolute Gasteiger partial charge is 0.00773 e. The van der Waals surface area contributed by atoms with Gasteiger partial charge in [0.1, 0.15) is 0 Å². The number of hydrogen-bond donors (Lipinski definition) is 2. The van der Waals surface area contributed by atoms with Gasteiger partial charge in [-0.25, -0.2) is 0 Å². The first-order valence-corrected chi connectivity index (χ1v) is 7.73. The number of hydrogen-bond acceptors (Lipinski definition) is 2. The fourth-order valence-corrected chi connectivity index (χ4v) is 1.81. The van der Waals surface area contributed by atoms with Crippen molar-refractivity contribution in [1.29, 1.82) is 5.41 Å². The Kier molecular flexibility index (Phi) is 23.8. The van der Waals surface area contributed by atoms with Gasteiger partial charge < -0.3 is 5.73 Å². The van der Waals surface area contributed by atoms with Crippen molar-refractivity contribution >= 4 is 5.87 Å². The van der Waals surface area contributed by atoms with Gasteiger partial charge in [-0.15, -0.1) is 0 Å². The van der Waals surface area contributed by atoms with Gasteiger partial charge in [0.25, 0.3) is 0 Å². The highest BCUT2D eigenvalue weighted by atomic mass is 14.5. The van der Waals surface area contributed by atoms with Crippen LogP contribution in [0.25, 0.3) is 0 Å². The van der Waals surface area contributed by atoms with Crippen molar-refractivity contribution in [3.63, 3.8) is 0 Å². The normalized spacial score (nSPS) is 9.28. The van der Waals surface area contributed by atoms with Crippen LogP contribution in [-0.2, 0) is 0 Å². The van der Waals surface area contributed by atoms with Gasteiger partial charge in [0.15, 0.2) is 0 Å². The van der Waals surface area contributed by atoms with Crippen LogP contribution >= 0.6 is 0 Å². The quantitative estimate of drug-likeness (QED) is 0.392. The maximum Gasteiger partial charge on any atom is -0.00773 e. The van der Waals surface area contributed by atoms with Crippen molar-refractivity contribution in [2.24, 2.45) is 5.73 Å². The molecule has 2 nitrogen and oxygen atoms in total. The molecule has 0 rings (SSSR count). The zero-order chi connectivity index (χ0) is 13.9. The van der Waals surface area contributed by atoms with Crippen LogP contribution in [0.4, 0.5) is 0 Å². The van der Waals surface area contributed by atoms with Gasteiger partial charge in [0, 0.05) is 0 Å². The third-order valence-corrected chi connectivity index (χ3v) is 2.95. The monoisotopic (exact) mass is 254 g/mol. The predicted octanol–water partition coefficient (Wildman–Crippen LogP) is 5.07. The van der Waals surface area contributed by atoms with Crippen LogP contribution in [0.2, 0.25) is 0 Å². The minimum absolute atomic E-state index is 0.872. The molecular formula is C16H34N2. The third kappa shape index (κ3) is 24.6. The summed E-state index contributed by atoms with van der Waals surface area (Å²) >= 11 is 0. The van der Waals surface area contributed by atoms with Crippen LogP contribution in [0.5, 0.6) is 0 Å². The molecule has 0 aromatic rings. The molecule has 0 aromatic heterocycles. The Hall–Kier alpha value is -0.590. The van der Waals surface area contributed by atoms with E-state index in [4.69, 9.17) is 11.1 Å². The largest absolute Gasteiger partial charge is 0.330 e. The minimum Gasteiger partial charge on any atom is -0.330 e. The molecule has 0 amide bonds. The van der Waals surface area contributed by atoms with Gasteiger partial charge in [-0.3, -0.25) is 5.41 Å². The maximum absolute atomic E-state index is 6.15. The first-order valence-electron chi connectivity index (χ1n) is 7.73. The average Bonchev–Trinajstić information content (AvgIpc) is 2.41. The molecule has 108 valence electrons. The lowest BCUT2D eigenvalue weighted by Gasteiger charge is -2.01. The van der Waals surface area contributed by atoms with E-state index in [1.54, 1.807) is 13.0 Å². The summed E-state index contributed by atoms with van der Waals surface area (Å²) in [7, 11) is 0. The standard InChI is InChI=1S/C13H29N.C3H5N/c1-2-3-4-5-6-7-8-9-10-11-12-13-14;1-2-3-4/h2-14H2,1H3;2,4H,1H3. The Labute approximate surface area is 115 Å². The van der Waals surface area contributed by atoms with E-state index in [2.05, 4.69) is 12.8 Å². The zero-order valence-corrected chi connectivity index (χ0v) is 12.6. The van der Waals surface area contributed by atoms with Gasteiger partial charge in [-0.2, -0.15) is 0 Å². The summed E-state index contributed by atoms with van der Waals surface area (Å²) in [5, 5.41) is 6.15. The molecule has 18 heavy (non-hydrogen) atoms. The Bertz CT molecular complexity index is 160. The van der Waals surface area contributed by atoms with Crippen molar-refractivity contribution in [2.45, 2.75) is 84.5 Å². The van der Waals surface area contributed by atoms with E-state index in [-0.39, 0.29) is 0 Å². The molecule has 0 heterocycles. The lowest BCUT2D eigenvalue weighted by atomic mass is 10.1. The van der Waals surface area contributed by atoms with Crippen LogP contribution in [0.1, 0.15) is 84.5 Å². The summed E-state index contributed by atoms with van der Waals surface area (Å²) in [6.07, 6.45) is 17.0. The summed E-state index contributed by atoms with van der Waals surface area (Å²) in [6, 6.07) is 0. The van der Waals surface area contributed by atoms with Crippen LogP contribution in [0.3, 0.4) is 0 Å². The van der Waals surface area contributed by atoms with Crippen molar-refractivity contribution in [1.82, 2.24) is 0 Å². The van der Waals surface area contributed by atoms with Gasteiger partial charge in [-0.1, -0.05) is 71.1 Å². The second kappa shape index (κ2) is 21.7. The van der Waals surface area contributed by atoms with Crippen molar-refractivity contribution in [3.05, 3.63) is 6.08 Å². The lowest BCUT2D eigenvalue weighted by molar-refractivity contribution is 0.551. The van der Waals surface area contributed by atoms with E-state index in [9.17, 15) is 0 Å². The minimum atomic E-state index is 0.872. The zero-order valence-electron chi connectivity index (χ0n) is 12.6. The van der Waals surface area contributed by atoms with E-state index >= 15 is 0 Å². The van der Waals surface area contributed by atoms with Gasteiger partial charge in [0.2, 0.25) is 0 Å². The van der Waals surface area contributed by atoms with Crippen LogP contribution in [-0.4, -0.2) is 12.4 Å². The molecule has 0 aromatic carbocycles. The number of allylic oxidation sites excluding steroid dienone is 1. The van der Waals surface area contributed by atoms with E-state index < -0.39 is 0 Å². The van der Waals surface area contributed by atoms with E-state index in [1.807, 2.05) is 0 Å². The first kappa shape index (κ1) is 19.7. The SMILES string of the molecule is CC=C=N.CCCCCCCCCCCCCN. The Morgan fingerprint density at radius 2 is 1.17 bits per heavy atom. The second-order valence-corrected chi connectivity index (χ2v) is 4.76. The molecule has 0 spiro atoms.